The Hall–Kier alpha value is -2.26. The summed E-state index contributed by atoms with van der Waals surface area (Å²) in [6.45, 7) is 8.85. The molecule has 1 fully saturated rings. The maximum absolute atomic E-state index is 5.90. The summed E-state index contributed by atoms with van der Waals surface area (Å²) in [5.41, 5.74) is 5.40. The molecule has 1 saturated heterocycles. The summed E-state index contributed by atoms with van der Waals surface area (Å²) in [7, 11) is 0. The fraction of sp³-hybridized carbons (Fsp3) is 0.481. The summed E-state index contributed by atoms with van der Waals surface area (Å²) in [6.07, 6.45) is 7.28. The zero-order valence-electron chi connectivity index (χ0n) is 18.5. The maximum Gasteiger partial charge on any atom is 0.122 e. The molecule has 160 valence electrons. The summed E-state index contributed by atoms with van der Waals surface area (Å²) < 4.78 is 17.0. The normalized spacial score (nSPS) is 21.6. The van der Waals surface area contributed by atoms with Crippen LogP contribution in [-0.2, 0) is 4.74 Å². The molecule has 3 nitrogen and oxygen atoms in total. The predicted molar refractivity (Wildman–Crippen MR) is 122 cm³/mol. The Morgan fingerprint density at radius 2 is 1.90 bits per heavy atom. The minimum absolute atomic E-state index is 0.294. The van der Waals surface area contributed by atoms with E-state index in [4.69, 9.17) is 14.2 Å². The molecule has 0 radical (unpaired) electrons. The molecular weight excluding hydrogens is 372 g/mol. The summed E-state index contributed by atoms with van der Waals surface area (Å²) in [5.74, 6) is 3.15. The summed E-state index contributed by atoms with van der Waals surface area (Å²) in [6, 6.07) is 15.3. The molecule has 0 amide bonds. The molecule has 3 heteroatoms. The van der Waals surface area contributed by atoms with Crippen LogP contribution in [0.2, 0.25) is 0 Å². The second kappa shape index (κ2) is 9.70. The molecule has 1 aliphatic carbocycles. The third kappa shape index (κ3) is 5.46. The first kappa shape index (κ1) is 21.0. The molecule has 0 spiro atoms. The van der Waals surface area contributed by atoms with Crippen LogP contribution in [0.15, 0.2) is 48.5 Å². The van der Waals surface area contributed by atoms with E-state index in [1.165, 1.54) is 28.7 Å². The van der Waals surface area contributed by atoms with Crippen molar-refractivity contribution in [3.63, 3.8) is 0 Å². The largest absolute Gasteiger partial charge is 0.493 e. The average Bonchev–Trinajstić information content (AvgIpc) is 3.61. The molecule has 1 aliphatic heterocycles. The standard InChI is InChI=1S/C27H34O3/c1-4-19(2)16-28-25-12-9-22(10-13-25)21-5-7-23(8-6-21)24-11-14-27(20(3)15-24)30-18-26-17-29-26/h7,9-15,19,21,26H,4-6,8,16-18H2,1-3H3. The van der Waals surface area contributed by atoms with Crippen LogP contribution in [0.25, 0.3) is 5.57 Å². The first-order valence-electron chi connectivity index (χ1n) is 11.4. The lowest BCUT2D eigenvalue weighted by molar-refractivity contribution is 0.256. The highest BCUT2D eigenvalue weighted by Gasteiger charge is 2.23. The van der Waals surface area contributed by atoms with Crippen molar-refractivity contribution in [1.29, 1.82) is 0 Å². The van der Waals surface area contributed by atoms with Crippen molar-refractivity contribution >= 4 is 5.57 Å². The highest BCUT2D eigenvalue weighted by molar-refractivity contribution is 5.68. The van der Waals surface area contributed by atoms with Crippen LogP contribution in [-0.4, -0.2) is 25.9 Å². The van der Waals surface area contributed by atoms with Gasteiger partial charge >= 0.3 is 0 Å². The van der Waals surface area contributed by atoms with Gasteiger partial charge in [-0.25, -0.2) is 0 Å². The topological polar surface area (TPSA) is 31.0 Å². The molecule has 3 atom stereocenters. The van der Waals surface area contributed by atoms with E-state index in [1.54, 1.807) is 0 Å². The molecular formula is C27H34O3. The van der Waals surface area contributed by atoms with E-state index < -0.39 is 0 Å². The van der Waals surface area contributed by atoms with Gasteiger partial charge in [0.1, 0.15) is 24.2 Å². The highest BCUT2D eigenvalue weighted by Crippen LogP contribution is 2.37. The maximum atomic E-state index is 5.90. The molecule has 30 heavy (non-hydrogen) atoms. The molecule has 0 saturated carbocycles. The number of hydrogen-bond acceptors (Lipinski definition) is 3. The summed E-state index contributed by atoms with van der Waals surface area (Å²) >= 11 is 0. The fourth-order valence-electron chi connectivity index (χ4n) is 3.95. The van der Waals surface area contributed by atoms with Crippen LogP contribution in [0.5, 0.6) is 11.5 Å². The Labute approximate surface area is 181 Å². The monoisotopic (exact) mass is 406 g/mol. The number of ether oxygens (including phenoxy) is 3. The SMILES string of the molecule is CCC(C)COc1ccc(C2CC=C(c3ccc(OCC4CO4)c(C)c3)CC2)cc1. The van der Waals surface area contributed by atoms with Gasteiger partial charge in [-0.2, -0.15) is 0 Å². The smallest absolute Gasteiger partial charge is 0.122 e. The minimum Gasteiger partial charge on any atom is -0.493 e. The highest BCUT2D eigenvalue weighted by atomic mass is 16.6. The van der Waals surface area contributed by atoms with Crippen molar-refractivity contribution in [3.05, 3.63) is 65.2 Å². The van der Waals surface area contributed by atoms with Gasteiger partial charge in [0, 0.05) is 0 Å². The predicted octanol–water partition coefficient (Wildman–Crippen LogP) is 6.55. The van der Waals surface area contributed by atoms with Crippen LogP contribution < -0.4 is 9.47 Å². The van der Waals surface area contributed by atoms with Crippen molar-refractivity contribution in [2.75, 3.05) is 19.8 Å². The van der Waals surface area contributed by atoms with Crippen LogP contribution in [0.1, 0.15) is 62.1 Å². The molecule has 1 heterocycles. The Bertz CT molecular complexity index is 864. The third-order valence-corrected chi connectivity index (χ3v) is 6.37. The third-order valence-electron chi connectivity index (χ3n) is 6.37. The van der Waals surface area contributed by atoms with E-state index in [1.807, 2.05) is 0 Å². The van der Waals surface area contributed by atoms with Gasteiger partial charge in [0.05, 0.1) is 13.2 Å². The van der Waals surface area contributed by atoms with E-state index in [2.05, 4.69) is 69.3 Å². The van der Waals surface area contributed by atoms with Crippen molar-refractivity contribution in [1.82, 2.24) is 0 Å². The van der Waals surface area contributed by atoms with Gasteiger partial charge in [-0.3, -0.25) is 0 Å². The number of aryl methyl sites for hydroxylation is 1. The zero-order valence-corrected chi connectivity index (χ0v) is 18.5. The Kier molecular flexibility index (Phi) is 6.79. The molecule has 0 bridgehead atoms. The van der Waals surface area contributed by atoms with Gasteiger partial charge in [0.2, 0.25) is 0 Å². The lowest BCUT2D eigenvalue weighted by atomic mass is 9.82. The fourth-order valence-corrected chi connectivity index (χ4v) is 3.95. The molecule has 2 aliphatic rings. The number of hydrogen-bond donors (Lipinski definition) is 0. The number of rotatable bonds is 9. The van der Waals surface area contributed by atoms with Crippen molar-refractivity contribution in [2.24, 2.45) is 5.92 Å². The molecule has 0 N–H and O–H groups in total. The Balaban J connectivity index is 1.34. The molecule has 2 aromatic carbocycles. The second-order valence-electron chi connectivity index (χ2n) is 8.84. The summed E-state index contributed by atoms with van der Waals surface area (Å²) in [4.78, 5) is 0. The number of epoxide rings is 1. The van der Waals surface area contributed by atoms with Crippen molar-refractivity contribution in [3.8, 4) is 11.5 Å². The number of benzene rings is 2. The average molecular weight is 407 g/mol. The van der Waals surface area contributed by atoms with Gasteiger partial charge in [0.25, 0.3) is 0 Å². The van der Waals surface area contributed by atoms with E-state index in [-0.39, 0.29) is 0 Å². The Morgan fingerprint density at radius 1 is 1.10 bits per heavy atom. The van der Waals surface area contributed by atoms with Crippen LogP contribution in [0, 0.1) is 12.8 Å². The second-order valence-corrected chi connectivity index (χ2v) is 8.84. The van der Waals surface area contributed by atoms with Crippen molar-refractivity contribution in [2.45, 2.75) is 58.5 Å². The number of allylic oxidation sites excluding steroid dienone is 2. The minimum atomic E-state index is 0.294. The first-order valence-corrected chi connectivity index (χ1v) is 11.4. The van der Waals surface area contributed by atoms with Gasteiger partial charge in [-0.05, 0) is 84.6 Å². The van der Waals surface area contributed by atoms with Gasteiger partial charge < -0.3 is 14.2 Å². The van der Waals surface area contributed by atoms with Crippen molar-refractivity contribution < 1.29 is 14.2 Å². The van der Waals surface area contributed by atoms with E-state index in [0.29, 0.717) is 24.5 Å². The molecule has 3 unspecified atom stereocenters. The van der Waals surface area contributed by atoms with Gasteiger partial charge in [-0.1, -0.05) is 44.5 Å². The first-order chi connectivity index (χ1) is 14.6. The van der Waals surface area contributed by atoms with Crippen LogP contribution >= 0.6 is 0 Å². The lowest BCUT2D eigenvalue weighted by Crippen LogP contribution is -2.08. The van der Waals surface area contributed by atoms with Gasteiger partial charge in [-0.15, -0.1) is 0 Å². The summed E-state index contributed by atoms with van der Waals surface area (Å²) in [5, 5.41) is 0. The molecule has 2 aromatic rings. The molecule has 0 aromatic heterocycles. The lowest BCUT2D eigenvalue weighted by Gasteiger charge is -2.23. The van der Waals surface area contributed by atoms with E-state index >= 15 is 0 Å². The van der Waals surface area contributed by atoms with Crippen LogP contribution in [0.3, 0.4) is 0 Å². The van der Waals surface area contributed by atoms with E-state index in [9.17, 15) is 0 Å². The van der Waals surface area contributed by atoms with Crippen LogP contribution in [0.4, 0.5) is 0 Å². The van der Waals surface area contributed by atoms with E-state index in [0.717, 1.165) is 44.0 Å². The molecule has 4 rings (SSSR count). The quantitative estimate of drug-likeness (QED) is 0.443. The zero-order chi connectivity index (χ0) is 20.9. The van der Waals surface area contributed by atoms with Gasteiger partial charge in [0.15, 0.2) is 0 Å². The Morgan fingerprint density at radius 3 is 2.53 bits per heavy atom.